The summed E-state index contributed by atoms with van der Waals surface area (Å²) in [5.41, 5.74) is 1.76. The molecule has 19 heteroatoms. The number of aromatic nitrogens is 4. The zero-order valence-electron chi connectivity index (χ0n) is 27.1. The Morgan fingerprint density at radius 3 is 1.64 bits per heavy atom. The number of carbonyl (C=O) groups excluding carboxylic acids is 1. The van der Waals surface area contributed by atoms with Crippen molar-refractivity contribution in [3.05, 3.63) is 112 Å². The second kappa shape index (κ2) is 14.8. The molecule has 3 N–H and O–H groups in total. The van der Waals surface area contributed by atoms with Crippen LogP contribution in [-0.2, 0) is 32.4 Å². The van der Waals surface area contributed by atoms with Crippen molar-refractivity contribution >= 4 is 63.7 Å². The molecule has 0 unspecified atom stereocenters. The molecule has 3 aromatic carbocycles. The summed E-state index contributed by atoms with van der Waals surface area (Å²) in [6.45, 7) is 2.06. The third-order valence-electron chi connectivity index (χ3n) is 8.80. The smallest absolute Gasteiger partial charge is 0.398 e. The van der Waals surface area contributed by atoms with Gasteiger partial charge in [0.25, 0.3) is 17.0 Å². The Kier molecular flexibility index (Phi) is 10.8. The van der Waals surface area contributed by atoms with E-state index < -0.39 is 46.2 Å². The minimum Gasteiger partial charge on any atom is -0.398 e. The van der Waals surface area contributed by atoms with E-state index in [4.69, 9.17) is 52.1 Å². The molecule has 4 heterocycles. The van der Waals surface area contributed by atoms with Gasteiger partial charge in [-0.25, -0.2) is 22.5 Å². The predicted molar refractivity (Wildman–Crippen MR) is 190 cm³/mol. The zero-order chi connectivity index (χ0) is 38.5. The summed E-state index contributed by atoms with van der Waals surface area (Å²) in [6, 6.07) is 6.31. The number of nitrogens with two attached hydrogens (primary N) is 1. The molecule has 2 aromatic heterocycles. The number of carbonyl (C=O) groups is 1. The summed E-state index contributed by atoms with van der Waals surface area (Å²) in [5, 5.41) is 2.06. The number of anilines is 2. The molecule has 0 fully saturated rings. The Morgan fingerprint density at radius 1 is 0.679 bits per heavy atom. The molecule has 9 nitrogen and oxygen atoms in total. The minimum atomic E-state index is -5.00. The number of fused-ring (bicyclic) bond motifs is 2. The average Bonchev–Trinajstić information content (AvgIpc) is 3.51. The highest BCUT2D eigenvalue weighted by Gasteiger charge is 2.37. The summed E-state index contributed by atoms with van der Waals surface area (Å²) in [4.78, 5) is 37.8. The number of nitrogens with zero attached hydrogens (tertiary/aromatic N) is 4. The Hall–Kier alpha value is -4.31. The highest BCUT2D eigenvalue weighted by molar-refractivity contribution is 6.35. The van der Waals surface area contributed by atoms with Crippen LogP contribution in [0.25, 0.3) is 22.3 Å². The third kappa shape index (κ3) is 7.19. The first-order chi connectivity index (χ1) is 25.0. The van der Waals surface area contributed by atoms with Crippen molar-refractivity contribution < 1.29 is 31.1 Å². The molecule has 5 aromatic rings. The number of hydrogen-bond acceptors (Lipinski definition) is 4. The number of nitrogens with one attached hydrogen (secondary N) is 1. The fourth-order valence-electron chi connectivity index (χ4n) is 6.27. The van der Waals surface area contributed by atoms with E-state index in [1.165, 1.54) is 15.4 Å². The van der Waals surface area contributed by atoms with Crippen molar-refractivity contribution in [2.75, 3.05) is 11.1 Å². The van der Waals surface area contributed by atoms with E-state index in [-0.39, 0.29) is 59.5 Å². The molecule has 7 rings (SSSR count). The highest BCUT2D eigenvalue weighted by atomic mass is 35.5. The van der Waals surface area contributed by atoms with Gasteiger partial charge in [0.15, 0.2) is 0 Å². The summed E-state index contributed by atoms with van der Waals surface area (Å²) >= 11 is 24.3. The van der Waals surface area contributed by atoms with Crippen molar-refractivity contribution in [2.24, 2.45) is 0 Å². The van der Waals surface area contributed by atoms with Crippen LogP contribution in [0.4, 0.5) is 37.7 Å². The number of benzene rings is 3. The molecule has 0 radical (unpaired) electrons. The molecule has 1 amide bonds. The van der Waals surface area contributed by atoms with Gasteiger partial charge in [0.1, 0.15) is 27.8 Å². The van der Waals surface area contributed by atoms with Gasteiger partial charge >= 0.3 is 6.18 Å². The lowest BCUT2D eigenvalue weighted by Crippen LogP contribution is -2.27. The minimum absolute atomic E-state index is 0.0216. The van der Waals surface area contributed by atoms with Crippen molar-refractivity contribution in [1.82, 2.24) is 18.7 Å². The first-order valence-corrected chi connectivity index (χ1v) is 17.4. The molecule has 0 atom stereocenters. The van der Waals surface area contributed by atoms with Crippen LogP contribution in [0.15, 0.2) is 52.1 Å². The van der Waals surface area contributed by atoms with Gasteiger partial charge in [0.2, 0.25) is 0 Å². The third-order valence-corrected chi connectivity index (χ3v) is 10.2. The van der Waals surface area contributed by atoms with Crippen LogP contribution in [0.2, 0.25) is 20.4 Å². The molecule has 280 valence electrons. The number of amides is 1. The number of halogens is 10. The molecule has 53 heavy (non-hydrogen) atoms. The molecule has 0 saturated heterocycles. The van der Waals surface area contributed by atoms with Crippen LogP contribution in [0, 0.1) is 17.5 Å². The summed E-state index contributed by atoms with van der Waals surface area (Å²) in [7, 11) is 0. The SMILES string of the molecule is Nc1cc(-c2c(Cl)n3n(c2=O)CCCC3)c(F)cc1Cl.O=C(Nc1cc(-c2c(Cl)n3n(c2=O)CCCC3)c(F)cc1Cl)c1c(F)cccc1C(F)(F)F. The lowest BCUT2D eigenvalue weighted by Gasteiger charge is -2.17. The van der Waals surface area contributed by atoms with Crippen molar-refractivity contribution in [1.29, 1.82) is 0 Å². The van der Waals surface area contributed by atoms with Crippen LogP contribution in [0.5, 0.6) is 0 Å². The van der Waals surface area contributed by atoms with Crippen LogP contribution in [0.3, 0.4) is 0 Å². The van der Waals surface area contributed by atoms with Gasteiger partial charge in [-0.1, -0.05) is 52.5 Å². The fraction of sp³-hybridized carbons (Fsp3) is 0.265. The molecule has 2 aliphatic rings. The molecular weight excluding hydrogens is 796 g/mol. The maximum atomic E-state index is 14.8. The molecule has 0 spiro atoms. The van der Waals surface area contributed by atoms with Gasteiger partial charge in [0, 0.05) is 37.3 Å². The van der Waals surface area contributed by atoms with E-state index in [9.17, 15) is 40.7 Å². The Bertz CT molecular complexity index is 2400. The highest BCUT2D eigenvalue weighted by Crippen LogP contribution is 2.37. The van der Waals surface area contributed by atoms with Crippen LogP contribution >= 0.6 is 46.4 Å². The fourth-order valence-corrected chi connectivity index (χ4v) is 7.34. The van der Waals surface area contributed by atoms with E-state index >= 15 is 0 Å². The molecule has 0 saturated carbocycles. The molecule has 0 aliphatic carbocycles. The largest absolute Gasteiger partial charge is 0.417 e. The van der Waals surface area contributed by atoms with Crippen molar-refractivity contribution in [2.45, 2.75) is 58.0 Å². The predicted octanol–water partition coefficient (Wildman–Crippen LogP) is 9.11. The van der Waals surface area contributed by atoms with E-state index in [1.807, 2.05) is 0 Å². The van der Waals surface area contributed by atoms with E-state index in [0.717, 1.165) is 49.9 Å². The second-order valence-electron chi connectivity index (χ2n) is 12.1. The summed E-state index contributed by atoms with van der Waals surface area (Å²) in [5.74, 6) is -4.38. The first-order valence-electron chi connectivity index (χ1n) is 15.9. The van der Waals surface area contributed by atoms with Crippen LogP contribution in [0.1, 0.15) is 41.6 Å². The number of alkyl halides is 3. The Labute approximate surface area is 316 Å². The monoisotopic (exact) mass is 820 g/mol. The lowest BCUT2D eigenvalue weighted by molar-refractivity contribution is -0.138. The van der Waals surface area contributed by atoms with Crippen molar-refractivity contribution in [3.8, 4) is 22.3 Å². The Morgan fingerprint density at radius 2 is 1.15 bits per heavy atom. The quantitative estimate of drug-likeness (QED) is 0.139. The topological polar surface area (TPSA) is 109 Å². The first kappa shape index (κ1) is 38.4. The number of hydrogen-bond donors (Lipinski definition) is 2. The molecule has 0 bridgehead atoms. The van der Waals surface area contributed by atoms with E-state index in [0.29, 0.717) is 38.3 Å². The second-order valence-corrected chi connectivity index (χ2v) is 13.7. The van der Waals surface area contributed by atoms with Crippen molar-refractivity contribution in [3.63, 3.8) is 0 Å². The maximum absolute atomic E-state index is 14.8. The van der Waals surface area contributed by atoms with Crippen LogP contribution in [-0.4, -0.2) is 24.6 Å². The van der Waals surface area contributed by atoms with E-state index in [2.05, 4.69) is 5.32 Å². The van der Waals surface area contributed by atoms with Gasteiger partial charge in [0.05, 0.1) is 43.7 Å². The average molecular weight is 822 g/mol. The lowest BCUT2D eigenvalue weighted by atomic mass is 10.0. The van der Waals surface area contributed by atoms with Gasteiger partial charge in [-0.3, -0.25) is 23.7 Å². The number of nitrogen functional groups attached to an aromatic ring is 1. The van der Waals surface area contributed by atoms with Gasteiger partial charge < -0.3 is 11.1 Å². The standard InChI is InChI=1S/C21H14Cl2F5N3O2.C13H12Cl2FN3O/c22-12-9-14(25)10(16-18(23)30-6-1-2-7-31(30)20(16)33)8-15(12)29-19(32)17-11(21(26,27)28)4-3-5-13(17)24;14-8-6-9(16)7(5-10(8)17)11-12(15)18-3-1-2-4-19(18)13(11)20/h3-5,8-9H,1-2,6-7H2,(H,29,32);5-6H,1-4,17H2. The molecular formula is C34H26Cl4F6N6O3. The van der Waals surface area contributed by atoms with Gasteiger partial charge in [-0.2, -0.15) is 13.2 Å². The van der Waals surface area contributed by atoms with E-state index in [1.54, 1.807) is 9.36 Å². The van der Waals surface area contributed by atoms with Gasteiger partial charge in [-0.05, 0) is 62.1 Å². The van der Waals surface area contributed by atoms with Gasteiger partial charge in [-0.15, -0.1) is 0 Å². The molecule has 2 aliphatic heterocycles. The normalized spacial score (nSPS) is 13.9. The maximum Gasteiger partial charge on any atom is 0.417 e. The number of rotatable bonds is 4. The summed E-state index contributed by atoms with van der Waals surface area (Å²) in [6.07, 6.45) is -1.65. The van der Waals surface area contributed by atoms with Crippen LogP contribution < -0.4 is 22.2 Å². The Balaban J connectivity index is 0.000000204. The summed E-state index contributed by atoms with van der Waals surface area (Å²) < 4.78 is 88.9. The zero-order valence-corrected chi connectivity index (χ0v) is 30.1.